The van der Waals surface area contributed by atoms with Gasteiger partial charge < -0.3 is 9.47 Å². The molecule has 3 heteroatoms. The fourth-order valence-electron chi connectivity index (χ4n) is 12.6. The van der Waals surface area contributed by atoms with Crippen LogP contribution in [-0.2, 0) is 10.8 Å². The first kappa shape index (κ1) is 52.0. The van der Waals surface area contributed by atoms with E-state index < -0.39 is 0 Å². The van der Waals surface area contributed by atoms with Gasteiger partial charge in [0.2, 0.25) is 0 Å². The van der Waals surface area contributed by atoms with E-state index in [1.54, 1.807) is 0 Å². The summed E-state index contributed by atoms with van der Waals surface area (Å²) in [6, 6.07) is 91.7. The van der Waals surface area contributed by atoms with Gasteiger partial charge in [-0.25, -0.2) is 0 Å². The molecule has 0 atom stereocenters. The molecule has 0 unspecified atom stereocenters. The number of thiophene rings is 1. The molecule has 2 aromatic heterocycles. The van der Waals surface area contributed by atoms with Crippen LogP contribution in [0.4, 0.5) is 17.1 Å². The fraction of sp³-hybridized carbons (Fsp3) is 0.143. The van der Waals surface area contributed by atoms with E-state index in [2.05, 4.69) is 293 Å². The van der Waals surface area contributed by atoms with Gasteiger partial charge in [-0.15, -0.1) is 11.3 Å². The predicted octanol–water partition coefficient (Wildman–Crippen LogP) is 22.6. The molecule has 11 aromatic carbocycles. The topological polar surface area (TPSA) is 8.17 Å². The zero-order valence-electron chi connectivity index (χ0n) is 47.5. The van der Waals surface area contributed by atoms with Gasteiger partial charge in [-0.3, -0.25) is 0 Å². The van der Waals surface area contributed by atoms with Gasteiger partial charge in [0, 0.05) is 58.8 Å². The van der Waals surface area contributed by atoms with Gasteiger partial charge in [-0.1, -0.05) is 225 Å². The molecule has 2 nitrogen and oxygen atoms in total. The summed E-state index contributed by atoms with van der Waals surface area (Å²) in [5.74, 6) is 0. The van der Waals surface area contributed by atoms with Crippen LogP contribution in [0.5, 0.6) is 0 Å². The third kappa shape index (κ3) is 8.72. The summed E-state index contributed by atoms with van der Waals surface area (Å²) in [7, 11) is 0. The summed E-state index contributed by atoms with van der Waals surface area (Å²) >= 11 is 1.88. The molecule has 392 valence electrons. The van der Waals surface area contributed by atoms with Crippen LogP contribution in [0.3, 0.4) is 0 Å². The number of nitrogens with zero attached hydrogens (tertiary/aromatic N) is 2. The molecule has 15 rings (SSSR count). The van der Waals surface area contributed by atoms with Crippen LogP contribution in [0, 0.1) is 6.92 Å². The van der Waals surface area contributed by atoms with Crippen LogP contribution < -0.4 is 4.90 Å². The van der Waals surface area contributed by atoms with Gasteiger partial charge in [0.15, 0.2) is 0 Å². The van der Waals surface area contributed by atoms with Crippen molar-refractivity contribution in [3.63, 3.8) is 0 Å². The number of fused-ring (bicyclic) bond motifs is 12. The Balaban J connectivity index is 0.000000285. The van der Waals surface area contributed by atoms with Crippen LogP contribution in [-0.4, -0.2) is 4.57 Å². The van der Waals surface area contributed by atoms with E-state index in [0.29, 0.717) is 0 Å². The molecule has 2 aliphatic carbocycles. The third-order valence-electron chi connectivity index (χ3n) is 16.5. The largest absolute Gasteiger partial charge is 0.310 e. The van der Waals surface area contributed by atoms with Crippen molar-refractivity contribution in [3.05, 3.63) is 277 Å². The molecule has 0 N–H and O–H groups in total. The Hall–Kier alpha value is -8.76. The van der Waals surface area contributed by atoms with Crippen molar-refractivity contribution < 1.29 is 0 Å². The highest BCUT2D eigenvalue weighted by molar-refractivity contribution is 7.26. The second kappa shape index (κ2) is 21.1. The highest BCUT2D eigenvalue weighted by atomic mass is 32.1. The van der Waals surface area contributed by atoms with Gasteiger partial charge >= 0.3 is 0 Å². The summed E-state index contributed by atoms with van der Waals surface area (Å²) in [4.78, 5) is 2.49. The summed E-state index contributed by atoms with van der Waals surface area (Å²) < 4.78 is 4.96. The van der Waals surface area contributed by atoms with Crippen molar-refractivity contribution >= 4 is 70.4 Å². The Morgan fingerprint density at radius 2 is 0.863 bits per heavy atom. The molecular formula is C77H68N2S. The zero-order valence-corrected chi connectivity index (χ0v) is 48.3. The smallest absolute Gasteiger partial charge is 0.0554 e. The molecule has 0 bridgehead atoms. The van der Waals surface area contributed by atoms with Crippen molar-refractivity contribution in [3.8, 4) is 50.2 Å². The number of aromatic nitrogens is 1. The maximum Gasteiger partial charge on any atom is 0.0554 e. The fourth-order valence-corrected chi connectivity index (χ4v) is 13.8. The summed E-state index contributed by atoms with van der Waals surface area (Å²) in [5, 5.41) is 5.08. The molecule has 0 spiro atoms. The number of aryl methyl sites for hydroxylation is 1. The number of benzene rings is 11. The number of para-hydroxylation sites is 2. The standard InChI is InChI=1S/C58H42N2S.C15H14.2C2H6/c1-37-21-26-43(27-22-37)59(44-28-30-46-45-29-23-41(38-13-6-4-7-14-38)35-50(45)58(2,3)51(46)36-44)54-19-12-20-56-57(54)49-34-40(25-32-55(49)61-56)39-24-31-53-48(33-39)47-17-10-11-18-52(47)60(53)42-15-8-5-9-16-42;1-15(2)13-9-5-3-7-11(13)12-8-4-6-10-14(12)15;2*1-2/h4-36H,1-3H3;3-10H,1-2H3;2*1-2H3. The van der Waals surface area contributed by atoms with Crippen LogP contribution in [0.15, 0.2) is 249 Å². The average molecular weight is 1050 g/mol. The Labute approximate surface area is 476 Å². The molecule has 13 aromatic rings. The number of rotatable bonds is 6. The summed E-state index contributed by atoms with van der Waals surface area (Å²) in [6.07, 6.45) is 0. The molecule has 0 radical (unpaired) electrons. The minimum atomic E-state index is -0.172. The lowest BCUT2D eigenvalue weighted by Gasteiger charge is -2.29. The molecular weight excluding hydrogens is 985 g/mol. The summed E-state index contributed by atoms with van der Waals surface area (Å²) in [6.45, 7) is 19.5. The first-order chi connectivity index (χ1) is 39.1. The SMILES string of the molecule is CC.CC.CC1(C)c2ccccc2-c2ccccc21.Cc1ccc(N(c2ccc3c(c2)C(C)(C)c2cc(-c4ccccc4)ccc2-3)c2cccc3sc4ccc(-c5ccc6c(c5)c5ccccc5n6-c5ccccc5)cc4c23)cc1. The van der Waals surface area contributed by atoms with Crippen molar-refractivity contribution in [1.82, 2.24) is 4.57 Å². The molecule has 0 fully saturated rings. The van der Waals surface area contributed by atoms with Crippen LogP contribution in [0.25, 0.3) is 92.2 Å². The number of hydrogen-bond acceptors (Lipinski definition) is 2. The van der Waals surface area contributed by atoms with E-state index in [0.717, 1.165) is 11.4 Å². The number of hydrogen-bond donors (Lipinski definition) is 0. The van der Waals surface area contributed by atoms with Crippen LogP contribution in [0.2, 0.25) is 0 Å². The lowest BCUT2D eigenvalue weighted by Crippen LogP contribution is -2.16. The second-order valence-corrected chi connectivity index (χ2v) is 22.8. The van der Waals surface area contributed by atoms with E-state index in [9.17, 15) is 0 Å². The molecule has 0 saturated carbocycles. The maximum atomic E-state index is 2.49. The van der Waals surface area contributed by atoms with Gasteiger partial charge in [0.1, 0.15) is 0 Å². The van der Waals surface area contributed by atoms with Gasteiger partial charge in [-0.05, 0) is 159 Å². The molecule has 0 amide bonds. The Bertz CT molecular complexity index is 4350. The molecule has 80 heavy (non-hydrogen) atoms. The highest BCUT2D eigenvalue weighted by Gasteiger charge is 2.37. The summed E-state index contributed by atoms with van der Waals surface area (Å²) in [5.41, 5.74) is 24.4. The van der Waals surface area contributed by atoms with E-state index >= 15 is 0 Å². The van der Waals surface area contributed by atoms with Gasteiger partial charge in [-0.2, -0.15) is 0 Å². The van der Waals surface area contributed by atoms with Gasteiger partial charge in [0.05, 0.1) is 16.7 Å². The first-order valence-corrected chi connectivity index (χ1v) is 29.4. The third-order valence-corrected chi connectivity index (χ3v) is 17.7. The zero-order chi connectivity index (χ0) is 55.3. The van der Waals surface area contributed by atoms with Gasteiger partial charge in [0.25, 0.3) is 0 Å². The molecule has 0 aliphatic heterocycles. The maximum absolute atomic E-state index is 2.49. The number of anilines is 3. The predicted molar refractivity (Wildman–Crippen MR) is 348 cm³/mol. The quantitative estimate of drug-likeness (QED) is 0.161. The van der Waals surface area contributed by atoms with Crippen LogP contribution >= 0.6 is 11.3 Å². The van der Waals surface area contributed by atoms with Crippen molar-refractivity contribution in [2.75, 3.05) is 4.90 Å². The second-order valence-electron chi connectivity index (χ2n) is 21.8. The van der Waals surface area contributed by atoms with E-state index in [4.69, 9.17) is 0 Å². The Kier molecular flexibility index (Phi) is 13.7. The van der Waals surface area contributed by atoms with E-state index in [-0.39, 0.29) is 10.8 Å². The minimum absolute atomic E-state index is 0.160. The highest BCUT2D eigenvalue weighted by Crippen LogP contribution is 2.53. The molecule has 2 aliphatic rings. The molecule has 0 saturated heterocycles. The Morgan fingerprint density at radius 1 is 0.350 bits per heavy atom. The van der Waals surface area contributed by atoms with E-state index in [1.165, 1.54) is 126 Å². The van der Waals surface area contributed by atoms with E-state index in [1.807, 2.05) is 39.0 Å². The first-order valence-electron chi connectivity index (χ1n) is 28.6. The minimum Gasteiger partial charge on any atom is -0.310 e. The Morgan fingerprint density at radius 3 is 1.56 bits per heavy atom. The van der Waals surface area contributed by atoms with Crippen molar-refractivity contribution in [1.29, 1.82) is 0 Å². The van der Waals surface area contributed by atoms with Crippen molar-refractivity contribution in [2.24, 2.45) is 0 Å². The average Bonchev–Trinajstić information content (AvgIpc) is 4.24. The monoisotopic (exact) mass is 1050 g/mol. The molecule has 2 heterocycles. The van der Waals surface area contributed by atoms with Crippen molar-refractivity contribution in [2.45, 2.75) is 73.1 Å². The normalized spacial score (nSPS) is 13.0. The lowest BCUT2D eigenvalue weighted by molar-refractivity contribution is 0.660. The van der Waals surface area contributed by atoms with Crippen LogP contribution in [0.1, 0.15) is 83.2 Å². The lowest BCUT2D eigenvalue weighted by atomic mass is 9.81.